The zero-order valence-electron chi connectivity index (χ0n) is 11.8. The van der Waals surface area contributed by atoms with E-state index in [0.717, 1.165) is 6.08 Å². The Hall–Kier alpha value is -2.73. The second-order valence-corrected chi connectivity index (χ2v) is 4.84. The summed E-state index contributed by atoms with van der Waals surface area (Å²) in [5, 5.41) is 2.89. The molecule has 0 atom stereocenters. The van der Waals surface area contributed by atoms with Crippen LogP contribution in [0, 0.1) is 5.82 Å². The van der Waals surface area contributed by atoms with Gasteiger partial charge < -0.3 is 10.1 Å². The monoisotopic (exact) mass is 334 g/mol. The molecule has 0 aliphatic rings. The van der Waals surface area contributed by atoms with E-state index in [4.69, 9.17) is 16.3 Å². The van der Waals surface area contributed by atoms with Crippen molar-refractivity contribution in [1.29, 1.82) is 0 Å². The Morgan fingerprint density at radius 1 is 1.30 bits per heavy atom. The molecule has 0 unspecified atom stereocenters. The molecule has 0 radical (unpaired) electrons. The number of aromatic nitrogens is 1. The van der Waals surface area contributed by atoms with E-state index >= 15 is 0 Å². The summed E-state index contributed by atoms with van der Waals surface area (Å²) in [6.45, 7) is -0.462. The van der Waals surface area contributed by atoms with Gasteiger partial charge in [-0.15, -0.1) is 0 Å². The number of amides is 1. The van der Waals surface area contributed by atoms with Crippen LogP contribution in [0.2, 0.25) is 5.02 Å². The molecule has 1 aromatic carbocycles. The van der Waals surface area contributed by atoms with E-state index in [9.17, 15) is 14.0 Å². The molecule has 2 aromatic rings. The maximum Gasteiger partial charge on any atom is 0.331 e. The van der Waals surface area contributed by atoms with Crippen molar-refractivity contribution >= 4 is 35.4 Å². The molecular formula is C16H12ClFN2O3. The number of hydrogen-bond acceptors (Lipinski definition) is 4. The van der Waals surface area contributed by atoms with Gasteiger partial charge in [0, 0.05) is 12.3 Å². The molecule has 0 bridgehead atoms. The van der Waals surface area contributed by atoms with Gasteiger partial charge >= 0.3 is 5.97 Å². The maximum atomic E-state index is 13.0. The van der Waals surface area contributed by atoms with Crippen molar-refractivity contribution < 1.29 is 18.7 Å². The summed E-state index contributed by atoms with van der Waals surface area (Å²) >= 11 is 5.67. The average Bonchev–Trinajstić information content (AvgIpc) is 2.53. The lowest BCUT2D eigenvalue weighted by Crippen LogP contribution is -2.20. The molecule has 0 aliphatic heterocycles. The molecule has 23 heavy (non-hydrogen) atoms. The molecule has 1 amide bonds. The SMILES string of the molecule is O=C(COC(=O)/C=C/c1cccc(F)c1)Nc1ccc(Cl)cn1. The Bertz CT molecular complexity index is 732. The third-order valence-electron chi connectivity index (χ3n) is 2.60. The Balaban J connectivity index is 1.79. The number of hydrogen-bond donors (Lipinski definition) is 1. The summed E-state index contributed by atoms with van der Waals surface area (Å²) in [4.78, 5) is 26.9. The number of nitrogens with zero attached hydrogens (tertiary/aromatic N) is 1. The average molecular weight is 335 g/mol. The molecular weight excluding hydrogens is 323 g/mol. The normalized spacial score (nSPS) is 10.5. The molecule has 5 nitrogen and oxygen atoms in total. The molecule has 2 rings (SSSR count). The highest BCUT2D eigenvalue weighted by atomic mass is 35.5. The van der Waals surface area contributed by atoms with Crippen LogP contribution in [0.15, 0.2) is 48.7 Å². The maximum absolute atomic E-state index is 13.0. The van der Waals surface area contributed by atoms with Crippen molar-refractivity contribution in [2.45, 2.75) is 0 Å². The number of halogens is 2. The number of pyridine rings is 1. The summed E-state index contributed by atoms with van der Waals surface area (Å²) in [7, 11) is 0. The Kier molecular flexibility index (Phi) is 5.82. The standard InChI is InChI=1S/C16H12ClFN2O3/c17-12-5-6-14(19-9-12)20-15(21)10-23-16(22)7-4-11-2-1-3-13(18)8-11/h1-9H,10H2,(H,19,20,21)/b7-4+. The van der Waals surface area contributed by atoms with E-state index < -0.39 is 24.3 Å². The van der Waals surface area contributed by atoms with Gasteiger partial charge in [-0.2, -0.15) is 0 Å². The van der Waals surface area contributed by atoms with Crippen molar-refractivity contribution in [3.05, 3.63) is 65.1 Å². The van der Waals surface area contributed by atoms with Crippen LogP contribution in [0.25, 0.3) is 6.08 Å². The molecule has 1 N–H and O–H groups in total. The number of ether oxygens (including phenoxy) is 1. The van der Waals surface area contributed by atoms with Gasteiger partial charge in [0.25, 0.3) is 5.91 Å². The number of esters is 1. The minimum absolute atomic E-state index is 0.297. The highest BCUT2D eigenvalue weighted by Crippen LogP contribution is 2.09. The molecule has 0 spiro atoms. The predicted octanol–water partition coefficient (Wildman–Crippen LogP) is 3.07. The van der Waals surface area contributed by atoms with E-state index in [0.29, 0.717) is 16.4 Å². The number of nitrogens with one attached hydrogen (secondary N) is 1. The van der Waals surface area contributed by atoms with Crippen LogP contribution in [0.5, 0.6) is 0 Å². The Labute approximate surface area is 136 Å². The van der Waals surface area contributed by atoms with Crippen LogP contribution in [-0.4, -0.2) is 23.5 Å². The lowest BCUT2D eigenvalue weighted by atomic mass is 10.2. The molecule has 7 heteroatoms. The first-order chi connectivity index (χ1) is 11.0. The topological polar surface area (TPSA) is 68.3 Å². The molecule has 118 valence electrons. The molecule has 1 aromatic heterocycles. The zero-order chi connectivity index (χ0) is 16.7. The van der Waals surface area contributed by atoms with Gasteiger partial charge in [0.15, 0.2) is 6.61 Å². The largest absolute Gasteiger partial charge is 0.452 e. The summed E-state index contributed by atoms with van der Waals surface area (Å²) in [5.41, 5.74) is 0.511. The van der Waals surface area contributed by atoms with Crippen molar-refractivity contribution in [3.8, 4) is 0 Å². The predicted molar refractivity (Wildman–Crippen MR) is 84.3 cm³/mol. The van der Waals surface area contributed by atoms with Gasteiger partial charge in [-0.3, -0.25) is 4.79 Å². The molecule has 1 heterocycles. The van der Waals surface area contributed by atoms with E-state index in [-0.39, 0.29) is 0 Å². The third-order valence-corrected chi connectivity index (χ3v) is 2.82. The highest BCUT2D eigenvalue weighted by molar-refractivity contribution is 6.30. The van der Waals surface area contributed by atoms with Crippen LogP contribution in [0.3, 0.4) is 0 Å². The molecule has 0 fully saturated rings. The summed E-state index contributed by atoms with van der Waals surface area (Å²) in [5.74, 6) is -1.36. The van der Waals surface area contributed by atoms with Gasteiger partial charge in [-0.05, 0) is 35.9 Å². The van der Waals surface area contributed by atoms with Crippen molar-refractivity contribution in [1.82, 2.24) is 4.98 Å². The van der Waals surface area contributed by atoms with E-state index in [2.05, 4.69) is 10.3 Å². The van der Waals surface area contributed by atoms with Crippen LogP contribution in [0.4, 0.5) is 10.2 Å². The van der Waals surface area contributed by atoms with Crippen LogP contribution in [0.1, 0.15) is 5.56 Å². The van der Waals surface area contributed by atoms with Gasteiger partial charge in [0.2, 0.25) is 0 Å². The van der Waals surface area contributed by atoms with Crippen LogP contribution < -0.4 is 5.32 Å². The van der Waals surface area contributed by atoms with Crippen molar-refractivity contribution in [2.24, 2.45) is 0 Å². The van der Waals surface area contributed by atoms with Gasteiger partial charge in [0.05, 0.1) is 5.02 Å². The third kappa shape index (κ3) is 5.88. The minimum atomic E-state index is -0.714. The minimum Gasteiger partial charge on any atom is -0.452 e. The fourth-order valence-corrected chi connectivity index (χ4v) is 1.70. The van der Waals surface area contributed by atoms with E-state index in [1.165, 1.54) is 36.5 Å². The van der Waals surface area contributed by atoms with Gasteiger partial charge in [-0.25, -0.2) is 14.2 Å². The highest BCUT2D eigenvalue weighted by Gasteiger charge is 2.06. The first-order valence-electron chi connectivity index (χ1n) is 6.55. The van der Waals surface area contributed by atoms with Gasteiger partial charge in [-0.1, -0.05) is 23.7 Å². The van der Waals surface area contributed by atoms with Crippen LogP contribution >= 0.6 is 11.6 Å². The fraction of sp³-hybridized carbons (Fsp3) is 0.0625. The van der Waals surface area contributed by atoms with Crippen molar-refractivity contribution in [3.63, 3.8) is 0 Å². The number of carbonyl (C=O) groups excluding carboxylic acids is 2. The molecule has 0 saturated heterocycles. The van der Waals surface area contributed by atoms with E-state index in [1.54, 1.807) is 12.1 Å². The number of rotatable bonds is 5. The first kappa shape index (κ1) is 16.6. The number of anilines is 1. The summed E-state index contributed by atoms with van der Waals surface area (Å²) in [6, 6.07) is 8.80. The Morgan fingerprint density at radius 3 is 2.83 bits per heavy atom. The molecule has 0 aliphatic carbocycles. The first-order valence-corrected chi connectivity index (χ1v) is 6.92. The van der Waals surface area contributed by atoms with Crippen LogP contribution in [-0.2, 0) is 14.3 Å². The lowest BCUT2D eigenvalue weighted by Gasteiger charge is -2.04. The second-order valence-electron chi connectivity index (χ2n) is 4.41. The number of carbonyl (C=O) groups is 2. The number of benzene rings is 1. The van der Waals surface area contributed by atoms with Gasteiger partial charge in [0.1, 0.15) is 11.6 Å². The Morgan fingerprint density at radius 2 is 2.13 bits per heavy atom. The van der Waals surface area contributed by atoms with Crippen molar-refractivity contribution in [2.75, 3.05) is 11.9 Å². The molecule has 0 saturated carbocycles. The summed E-state index contributed by atoms with van der Waals surface area (Å²) in [6.07, 6.45) is 3.89. The quantitative estimate of drug-likeness (QED) is 0.674. The fourth-order valence-electron chi connectivity index (χ4n) is 1.59. The smallest absolute Gasteiger partial charge is 0.331 e. The second kappa shape index (κ2) is 8.05. The zero-order valence-corrected chi connectivity index (χ0v) is 12.6. The van der Waals surface area contributed by atoms with E-state index in [1.807, 2.05) is 0 Å². The summed E-state index contributed by atoms with van der Waals surface area (Å²) < 4.78 is 17.7. The lowest BCUT2D eigenvalue weighted by molar-refractivity contribution is -0.142.